The molecular formula is C19H19Cl2N3O. The molecule has 130 valence electrons. The lowest BCUT2D eigenvalue weighted by Gasteiger charge is -2.22. The monoisotopic (exact) mass is 375 g/mol. The molecule has 4 nitrogen and oxygen atoms in total. The SMILES string of the molecule is CC(C)[C@H](NCc1nc(-c2ccc(Cl)cc2)no1)c1ccc(Cl)cc1. The van der Waals surface area contributed by atoms with Crippen LogP contribution in [0.1, 0.15) is 31.3 Å². The molecule has 2 aromatic carbocycles. The molecule has 0 radical (unpaired) electrons. The summed E-state index contributed by atoms with van der Waals surface area (Å²) < 4.78 is 5.36. The van der Waals surface area contributed by atoms with Crippen molar-refractivity contribution in [1.29, 1.82) is 0 Å². The maximum Gasteiger partial charge on any atom is 0.240 e. The van der Waals surface area contributed by atoms with E-state index in [0.717, 1.165) is 10.6 Å². The Hall–Kier alpha value is -1.88. The first-order chi connectivity index (χ1) is 12.0. The molecule has 3 rings (SSSR count). The molecule has 6 heteroatoms. The summed E-state index contributed by atoms with van der Waals surface area (Å²) in [6, 6.07) is 15.4. The first kappa shape index (κ1) is 17.9. The third kappa shape index (κ3) is 4.60. The zero-order chi connectivity index (χ0) is 17.8. The van der Waals surface area contributed by atoms with Crippen LogP contribution in [0.25, 0.3) is 11.4 Å². The van der Waals surface area contributed by atoms with Crippen LogP contribution in [0.4, 0.5) is 0 Å². The molecule has 0 aliphatic carbocycles. The summed E-state index contributed by atoms with van der Waals surface area (Å²) in [6.07, 6.45) is 0. The minimum Gasteiger partial charge on any atom is -0.338 e. The van der Waals surface area contributed by atoms with Crippen LogP contribution >= 0.6 is 23.2 Å². The zero-order valence-electron chi connectivity index (χ0n) is 14.0. The number of aromatic nitrogens is 2. The van der Waals surface area contributed by atoms with Gasteiger partial charge in [0, 0.05) is 21.7 Å². The van der Waals surface area contributed by atoms with Crippen LogP contribution < -0.4 is 5.32 Å². The standard InChI is InChI=1S/C19H19Cl2N3O/c1-12(2)18(13-3-7-15(20)8-4-13)22-11-17-23-19(24-25-17)14-5-9-16(21)10-6-14/h3-10,12,18,22H,11H2,1-2H3/t18-/m0/s1. The summed E-state index contributed by atoms with van der Waals surface area (Å²) in [5, 5.41) is 8.93. The summed E-state index contributed by atoms with van der Waals surface area (Å²) >= 11 is 11.9. The van der Waals surface area contributed by atoms with E-state index in [1.165, 1.54) is 5.56 Å². The molecule has 1 aromatic heterocycles. The molecule has 0 spiro atoms. The quantitative estimate of drug-likeness (QED) is 0.615. The molecule has 0 bridgehead atoms. The van der Waals surface area contributed by atoms with E-state index in [-0.39, 0.29) is 6.04 Å². The minimum absolute atomic E-state index is 0.170. The van der Waals surface area contributed by atoms with Gasteiger partial charge in [-0.1, -0.05) is 54.3 Å². The molecule has 1 heterocycles. The number of hydrogen-bond donors (Lipinski definition) is 1. The van der Waals surface area contributed by atoms with Crippen molar-refractivity contribution in [3.63, 3.8) is 0 Å². The van der Waals surface area contributed by atoms with Gasteiger partial charge in [-0.25, -0.2) is 0 Å². The highest BCUT2D eigenvalue weighted by Crippen LogP contribution is 2.24. The van der Waals surface area contributed by atoms with Crippen LogP contribution in [0.15, 0.2) is 53.1 Å². The van der Waals surface area contributed by atoms with Crippen molar-refractivity contribution in [1.82, 2.24) is 15.5 Å². The Balaban J connectivity index is 1.69. The maximum absolute atomic E-state index is 5.98. The highest BCUT2D eigenvalue weighted by molar-refractivity contribution is 6.30. The Morgan fingerprint density at radius 2 is 1.56 bits per heavy atom. The van der Waals surface area contributed by atoms with Crippen molar-refractivity contribution in [2.75, 3.05) is 0 Å². The summed E-state index contributed by atoms with van der Waals surface area (Å²) in [5.41, 5.74) is 2.05. The maximum atomic E-state index is 5.98. The number of nitrogens with zero attached hydrogens (tertiary/aromatic N) is 2. The van der Waals surface area contributed by atoms with Crippen molar-refractivity contribution in [2.45, 2.75) is 26.4 Å². The van der Waals surface area contributed by atoms with E-state index in [9.17, 15) is 0 Å². The van der Waals surface area contributed by atoms with Crippen LogP contribution in [-0.4, -0.2) is 10.1 Å². The van der Waals surface area contributed by atoms with Gasteiger partial charge in [0.2, 0.25) is 11.7 Å². The number of hydrogen-bond acceptors (Lipinski definition) is 4. The topological polar surface area (TPSA) is 51.0 Å². The minimum atomic E-state index is 0.170. The second kappa shape index (κ2) is 8.00. The van der Waals surface area contributed by atoms with Crippen LogP contribution in [0, 0.1) is 5.92 Å². The number of rotatable bonds is 6. The normalized spacial score (nSPS) is 12.5. The predicted octanol–water partition coefficient (Wildman–Crippen LogP) is 5.53. The Bertz CT molecular complexity index is 813. The predicted molar refractivity (Wildman–Crippen MR) is 101 cm³/mol. The third-order valence-electron chi connectivity index (χ3n) is 3.94. The lowest BCUT2D eigenvalue weighted by atomic mass is 9.96. The lowest BCUT2D eigenvalue weighted by molar-refractivity contribution is 0.338. The van der Waals surface area contributed by atoms with E-state index in [1.807, 2.05) is 36.4 Å². The average Bonchev–Trinajstić information content (AvgIpc) is 3.06. The van der Waals surface area contributed by atoms with Crippen molar-refractivity contribution < 1.29 is 4.52 Å². The fourth-order valence-corrected chi connectivity index (χ4v) is 2.90. The molecule has 3 aromatic rings. The Morgan fingerprint density at radius 3 is 2.16 bits per heavy atom. The first-order valence-corrected chi connectivity index (χ1v) is 8.86. The van der Waals surface area contributed by atoms with Crippen molar-refractivity contribution in [2.24, 2.45) is 5.92 Å². The molecule has 0 saturated heterocycles. The average molecular weight is 376 g/mol. The fraction of sp³-hybridized carbons (Fsp3) is 0.263. The van der Waals surface area contributed by atoms with Gasteiger partial charge in [0.15, 0.2) is 0 Å². The number of benzene rings is 2. The highest BCUT2D eigenvalue weighted by Gasteiger charge is 2.17. The first-order valence-electron chi connectivity index (χ1n) is 8.10. The van der Waals surface area contributed by atoms with Crippen LogP contribution in [0.5, 0.6) is 0 Å². The van der Waals surface area contributed by atoms with Gasteiger partial charge in [-0.15, -0.1) is 0 Å². The molecule has 1 N–H and O–H groups in total. The van der Waals surface area contributed by atoms with Crippen molar-refractivity contribution in [3.8, 4) is 11.4 Å². The van der Waals surface area contributed by atoms with Gasteiger partial charge in [-0.2, -0.15) is 4.98 Å². The fourth-order valence-electron chi connectivity index (χ4n) is 2.65. The summed E-state index contributed by atoms with van der Waals surface area (Å²) in [7, 11) is 0. The molecule has 0 aliphatic rings. The van der Waals surface area contributed by atoms with E-state index >= 15 is 0 Å². The second-order valence-corrected chi connectivity index (χ2v) is 7.05. The molecule has 0 fully saturated rings. The molecule has 0 saturated carbocycles. The Kier molecular flexibility index (Phi) is 5.74. The van der Waals surface area contributed by atoms with Gasteiger partial charge < -0.3 is 9.84 Å². The van der Waals surface area contributed by atoms with Gasteiger partial charge >= 0.3 is 0 Å². The zero-order valence-corrected chi connectivity index (χ0v) is 15.6. The molecule has 0 amide bonds. The van der Waals surface area contributed by atoms with E-state index in [1.54, 1.807) is 12.1 Å². The van der Waals surface area contributed by atoms with Crippen molar-refractivity contribution in [3.05, 3.63) is 70.0 Å². The Labute approximate surface area is 157 Å². The lowest BCUT2D eigenvalue weighted by Crippen LogP contribution is -2.25. The summed E-state index contributed by atoms with van der Waals surface area (Å²) in [5.74, 6) is 1.51. The van der Waals surface area contributed by atoms with E-state index in [4.69, 9.17) is 27.7 Å². The summed E-state index contributed by atoms with van der Waals surface area (Å²) in [4.78, 5) is 4.44. The number of halogens is 2. The van der Waals surface area contributed by atoms with Gasteiger partial charge in [-0.05, 0) is 47.9 Å². The molecular weight excluding hydrogens is 357 g/mol. The Morgan fingerprint density at radius 1 is 0.960 bits per heavy atom. The summed E-state index contributed by atoms with van der Waals surface area (Å²) in [6.45, 7) is 4.82. The van der Waals surface area contributed by atoms with E-state index in [0.29, 0.717) is 29.2 Å². The van der Waals surface area contributed by atoms with E-state index in [2.05, 4.69) is 29.3 Å². The van der Waals surface area contributed by atoms with Gasteiger partial charge in [0.25, 0.3) is 0 Å². The van der Waals surface area contributed by atoms with Crippen LogP contribution in [0.2, 0.25) is 10.0 Å². The van der Waals surface area contributed by atoms with Gasteiger partial charge in [0.05, 0.1) is 6.54 Å². The molecule has 25 heavy (non-hydrogen) atoms. The highest BCUT2D eigenvalue weighted by atomic mass is 35.5. The van der Waals surface area contributed by atoms with Gasteiger partial charge in [-0.3, -0.25) is 0 Å². The third-order valence-corrected chi connectivity index (χ3v) is 4.44. The molecule has 0 aliphatic heterocycles. The molecule has 0 unspecified atom stereocenters. The molecule has 1 atom stereocenters. The second-order valence-electron chi connectivity index (χ2n) is 6.17. The van der Waals surface area contributed by atoms with Crippen molar-refractivity contribution >= 4 is 23.2 Å². The largest absolute Gasteiger partial charge is 0.338 e. The van der Waals surface area contributed by atoms with Crippen LogP contribution in [-0.2, 0) is 6.54 Å². The number of nitrogens with one attached hydrogen (secondary N) is 1. The van der Waals surface area contributed by atoms with Crippen LogP contribution in [0.3, 0.4) is 0 Å². The smallest absolute Gasteiger partial charge is 0.240 e. The van der Waals surface area contributed by atoms with Gasteiger partial charge in [0.1, 0.15) is 0 Å². The van der Waals surface area contributed by atoms with E-state index < -0.39 is 0 Å².